The van der Waals surface area contributed by atoms with Crippen LogP contribution >= 0.6 is 0 Å². The number of aryl methyl sites for hydroxylation is 2. The van der Waals surface area contributed by atoms with Gasteiger partial charge in [0.05, 0.1) is 31.9 Å². The third-order valence-corrected chi connectivity index (χ3v) is 5.11. The van der Waals surface area contributed by atoms with Crippen LogP contribution in [0.25, 0.3) is 0 Å². The van der Waals surface area contributed by atoms with E-state index in [1.807, 2.05) is 11.8 Å². The van der Waals surface area contributed by atoms with Crippen LogP contribution in [0.2, 0.25) is 0 Å². The van der Waals surface area contributed by atoms with Crippen LogP contribution < -0.4 is 4.90 Å². The highest BCUT2D eigenvalue weighted by molar-refractivity contribution is 5.96. The molecule has 0 spiro atoms. The van der Waals surface area contributed by atoms with E-state index in [1.165, 1.54) is 16.0 Å². The molecule has 2 aromatic rings. The van der Waals surface area contributed by atoms with Gasteiger partial charge in [-0.25, -0.2) is 0 Å². The molecule has 0 radical (unpaired) electrons. The van der Waals surface area contributed by atoms with Crippen LogP contribution in [0.15, 0.2) is 28.8 Å². The van der Waals surface area contributed by atoms with E-state index in [2.05, 4.69) is 43.3 Å². The lowest BCUT2D eigenvalue weighted by Gasteiger charge is -2.32. The summed E-state index contributed by atoms with van der Waals surface area (Å²) < 4.78 is 5.13. The fourth-order valence-corrected chi connectivity index (χ4v) is 3.46. The summed E-state index contributed by atoms with van der Waals surface area (Å²) in [7, 11) is 0. The van der Waals surface area contributed by atoms with E-state index in [-0.39, 0.29) is 5.91 Å². The molecule has 2 heterocycles. The van der Waals surface area contributed by atoms with Crippen molar-refractivity contribution in [1.82, 2.24) is 10.1 Å². The topological polar surface area (TPSA) is 50.8 Å². The molecule has 1 aromatic heterocycles. The Labute approximate surface area is 149 Å². The maximum absolute atomic E-state index is 12.7. The zero-order valence-electron chi connectivity index (χ0n) is 15.6. The molecule has 5 nitrogen and oxygen atoms in total. The number of benzene rings is 1. The van der Waals surface area contributed by atoms with E-state index in [1.54, 1.807) is 6.92 Å². The Morgan fingerprint density at radius 3 is 2.36 bits per heavy atom. The van der Waals surface area contributed by atoms with Gasteiger partial charge in [-0.3, -0.25) is 4.79 Å². The first-order chi connectivity index (χ1) is 12.0. The second-order valence-electron chi connectivity index (χ2n) is 7.31. The first kappa shape index (κ1) is 17.7. The van der Waals surface area contributed by atoms with Crippen LogP contribution in [-0.4, -0.2) is 42.1 Å². The molecule has 1 fully saturated rings. The van der Waals surface area contributed by atoms with Crippen molar-refractivity contribution < 1.29 is 14.2 Å². The summed E-state index contributed by atoms with van der Waals surface area (Å²) in [6.45, 7) is 12.6. The number of carbonyl (C=O) groups excluding carboxylic acids is 1. The molecule has 1 amide bonds. The molecule has 5 heteroatoms. The number of nitrogens with zero attached hydrogens (tertiary/aromatic N) is 2. The average molecular weight is 342 g/mol. The van der Waals surface area contributed by atoms with Gasteiger partial charge in [0.1, 0.15) is 17.9 Å². The van der Waals surface area contributed by atoms with Crippen molar-refractivity contribution in [1.29, 1.82) is 0 Å². The summed E-state index contributed by atoms with van der Waals surface area (Å²) in [5.41, 5.74) is 4.06. The van der Waals surface area contributed by atoms with Crippen LogP contribution in [0.1, 0.15) is 52.7 Å². The van der Waals surface area contributed by atoms with Crippen molar-refractivity contribution in [3.8, 4) is 0 Å². The van der Waals surface area contributed by atoms with Gasteiger partial charge in [0.2, 0.25) is 0 Å². The monoisotopic (exact) mass is 342 g/mol. The predicted octanol–water partition coefficient (Wildman–Crippen LogP) is 1.96. The Morgan fingerprint density at radius 1 is 1.20 bits per heavy atom. The van der Waals surface area contributed by atoms with E-state index in [4.69, 9.17) is 4.52 Å². The smallest absolute Gasteiger partial charge is 0.259 e. The summed E-state index contributed by atoms with van der Waals surface area (Å²) in [4.78, 5) is 16.1. The molecular formula is C20H28N3O2+. The molecule has 0 aliphatic carbocycles. The standard InChI is InChI=1S/C20H27N3O2/c1-14(2)18-7-5-17(6-8-18)13-22-9-11-23(12-10-22)20(24)19-15(3)21-25-16(19)4/h5-8,14H,9-13H2,1-4H3/p+1. The highest BCUT2D eigenvalue weighted by atomic mass is 16.5. The molecule has 0 unspecified atom stereocenters. The first-order valence-corrected chi connectivity index (χ1v) is 9.10. The summed E-state index contributed by atoms with van der Waals surface area (Å²) in [5, 5.41) is 3.89. The van der Waals surface area contributed by atoms with Crippen molar-refractivity contribution in [2.75, 3.05) is 26.2 Å². The number of quaternary nitrogens is 1. The average Bonchev–Trinajstić information content (AvgIpc) is 2.94. The zero-order valence-corrected chi connectivity index (χ0v) is 15.6. The molecule has 1 aliphatic rings. The Kier molecular flexibility index (Phi) is 5.23. The maximum atomic E-state index is 12.7. The lowest BCUT2D eigenvalue weighted by molar-refractivity contribution is -0.917. The van der Waals surface area contributed by atoms with Crippen LogP contribution in [0.3, 0.4) is 0 Å². The highest BCUT2D eigenvalue weighted by Crippen LogP contribution is 2.16. The van der Waals surface area contributed by atoms with Gasteiger partial charge in [-0.15, -0.1) is 0 Å². The minimum atomic E-state index is 0.0524. The molecule has 25 heavy (non-hydrogen) atoms. The second kappa shape index (κ2) is 7.40. The Balaban J connectivity index is 1.56. The van der Waals surface area contributed by atoms with Gasteiger partial charge >= 0.3 is 0 Å². The van der Waals surface area contributed by atoms with Gasteiger partial charge in [-0.05, 0) is 25.3 Å². The van der Waals surface area contributed by atoms with Gasteiger partial charge in [-0.1, -0.05) is 43.3 Å². The van der Waals surface area contributed by atoms with Crippen LogP contribution in [0, 0.1) is 13.8 Å². The second-order valence-corrected chi connectivity index (χ2v) is 7.31. The van der Waals surface area contributed by atoms with E-state index in [9.17, 15) is 4.79 Å². The molecular weight excluding hydrogens is 314 g/mol. The predicted molar refractivity (Wildman–Crippen MR) is 96.8 cm³/mol. The van der Waals surface area contributed by atoms with E-state index in [0.717, 1.165) is 32.7 Å². The molecule has 0 saturated carbocycles. The minimum Gasteiger partial charge on any atom is -0.361 e. The van der Waals surface area contributed by atoms with Gasteiger partial charge in [-0.2, -0.15) is 0 Å². The number of hydrogen-bond acceptors (Lipinski definition) is 3. The zero-order chi connectivity index (χ0) is 18.0. The van der Waals surface area contributed by atoms with E-state index < -0.39 is 0 Å². The molecule has 1 aliphatic heterocycles. The van der Waals surface area contributed by atoms with Crippen molar-refractivity contribution in [3.05, 3.63) is 52.4 Å². The number of piperazine rings is 1. The summed E-state index contributed by atoms with van der Waals surface area (Å²) in [6, 6.07) is 8.95. The third-order valence-electron chi connectivity index (χ3n) is 5.11. The van der Waals surface area contributed by atoms with Gasteiger partial charge in [0.25, 0.3) is 5.91 Å². The molecule has 1 aromatic carbocycles. The number of aromatic nitrogens is 1. The van der Waals surface area contributed by atoms with Gasteiger partial charge in [0, 0.05) is 5.56 Å². The number of nitrogens with one attached hydrogen (secondary N) is 1. The minimum absolute atomic E-state index is 0.0524. The van der Waals surface area contributed by atoms with Crippen LogP contribution in [0.4, 0.5) is 0 Å². The molecule has 134 valence electrons. The van der Waals surface area contributed by atoms with Crippen LogP contribution in [-0.2, 0) is 6.54 Å². The fraction of sp³-hybridized carbons (Fsp3) is 0.500. The molecule has 0 bridgehead atoms. The number of amides is 1. The summed E-state index contributed by atoms with van der Waals surface area (Å²) in [5.74, 6) is 1.24. The molecule has 0 atom stereocenters. The molecule has 3 rings (SSSR count). The lowest BCUT2D eigenvalue weighted by atomic mass is 10.0. The van der Waals surface area contributed by atoms with Gasteiger partial charge < -0.3 is 14.3 Å². The van der Waals surface area contributed by atoms with Crippen molar-refractivity contribution in [2.24, 2.45) is 0 Å². The normalized spacial score (nSPS) is 15.8. The van der Waals surface area contributed by atoms with Crippen molar-refractivity contribution >= 4 is 5.91 Å². The molecule has 1 saturated heterocycles. The number of hydrogen-bond donors (Lipinski definition) is 1. The Bertz CT molecular complexity index is 706. The third kappa shape index (κ3) is 3.93. The lowest BCUT2D eigenvalue weighted by Crippen LogP contribution is -3.13. The van der Waals surface area contributed by atoms with E-state index >= 15 is 0 Å². The Hall–Kier alpha value is -2.14. The largest absolute Gasteiger partial charge is 0.361 e. The first-order valence-electron chi connectivity index (χ1n) is 9.10. The molecule has 1 N–H and O–H groups in total. The van der Waals surface area contributed by atoms with Crippen molar-refractivity contribution in [2.45, 2.75) is 40.2 Å². The summed E-state index contributed by atoms with van der Waals surface area (Å²) in [6.07, 6.45) is 0. The van der Waals surface area contributed by atoms with Crippen LogP contribution in [0.5, 0.6) is 0 Å². The number of carbonyl (C=O) groups is 1. The quantitative estimate of drug-likeness (QED) is 0.924. The van der Waals surface area contributed by atoms with Crippen molar-refractivity contribution in [3.63, 3.8) is 0 Å². The Morgan fingerprint density at radius 2 is 1.84 bits per heavy atom. The number of rotatable bonds is 4. The van der Waals surface area contributed by atoms with E-state index in [0.29, 0.717) is 22.9 Å². The maximum Gasteiger partial charge on any atom is 0.259 e. The SMILES string of the molecule is Cc1noc(C)c1C(=O)N1CC[NH+](Cc2ccc(C(C)C)cc2)CC1. The van der Waals surface area contributed by atoms with Gasteiger partial charge in [0.15, 0.2) is 0 Å². The summed E-state index contributed by atoms with van der Waals surface area (Å²) >= 11 is 0. The highest BCUT2D eigenvalue weighted by Gasteiger charge is 2.28. The fourth-order valence-electron chi connectivity index (χ4n) is 3.46.